The second-order valence-electron chi connectivity index (χ2n) is 5.54. The molecule has 3 aromatic rings. The maximum absolute atomic E-state index is 13.2. The summed E-state index contributed by atoms with van der Waals surface area (Å²) in [6.07, 6.45) is 0. The van der Waals surface area contributed by atoms with Crippen molar-refractivity contribution in [2.24, 2.45) is 0 Å². The quantitative estimate of drug-likeness (QED) is 0.661. The van der Waals surface area contributed by atoms with Gasteiger partial charge in [0.25, 0.3) is 5.91 Å². The number of anilines is 2. The number of nitrogens with zero attached hydrogens (tertiary/aromatic N) is 1. The van der Waals surface area contributed by atoms with Gasteiger partial charge in [-0.15, -0.1) is 0 Å². The molecule has 0 saturated heterocycles. The average Bonchev–Trinajstić information content (AvgIpc) is 2.69. The summed E-state index contributed by atoms with van der Waals surface area (Å²) in [6.45, 7) is 0. The number of amides is 1. The molecule has 0 aliphatic carbocycles. The van der Waals surface area contributed by atoms with Crippen molar-refractivity contribution in [2.75, 3.05) is 19.1 Å². The summed E-state index contributed by atoms with van der Waals surface area (Å²) in [7, 11) is 3.17. The van der Waals surface area contributed by atoms with E-state index < -0.39 is 0 Å². The predicted molar refractivity (Wildman–Crippen MR) is 98.9 cm³/mol. The van der Waals surface area contributed by atoms with Gasteiger partial charge in [-0.3, -0.25) is 9.69 Å². The van der Waals surface area contributed by atoms with Gasteiger partial charge in [-0.25, -0.2) is 4.39 Å². The van der Waals surface area contributed by atoms with Gasteiger partial charge >= 0.3 is 0 Å². The van der Waals surface area contributed by atoms with E-state index >= 15 is 0 Å². The number of hydrogen-bond acceptors (Lipinski definition) is 3. The Morgan fingerprint density at radius 2 is 1.15 bits per heavy atom. The lowest BCUT2D eigenvalue weighted by Gasteiger charge is -2.23. The predicted octanol–water partition coefficient (Wildman–Crippen LogP) is 4.82. The Morgan fingerprint density at radius 3 is 1.54 bits per heavy atom. The van der Waals surface area contributed by atoms with E-state index in [1.807, 2.05) is 0 Å². The first kappa shape index (κ1) is 17.5. The first-order valence-electron chi connectivity index (χ1n) is 8.00. The molecule has 3 rings (SSSR count). The second-order valence-corrected chi connectivity index (χ2v) is 5.54. The average molecular weight is 351 g/mol. The maximum Gasteiger partial charge on any atom is 0.262 e. The number of rotatable bonds is 5. The SMILES string of the molecule is COc1ccc(N(C(=O)c2ccc(F)cc2)c2ccc(OC)cc2)cc1. The molecule has 1 amide bonds. The Hall–Kier alpha value is -3.34. The van der Waals surface area contributed by atoms with Gasteiger partial charge < -0.3 is 9.47 Å². The minimum Gasteiger partial charge on any atom is -0.497 e. The molecular weight excluding hydrogens is 333 g/mol. The maximum atomic E-state index is 13.2. The number of hydrogen-bond donors (Lipinski definition) is 0. The van der Waals surface area contributed by atoms with Crippen LogP contribution in [-0.2, 0) is 0 Å². The van der Waals surface area contributed by atoms with Crippen LogP contribution in [-0.4, -0.2) is 20.1 Å². The smallest absolute Gasteiger partial charge is 0.262 e. The van der Waals surface area contributed by atoms with Gasteiger partial charge in [0, 0.05) is 16.9 Å². The summed E-state index contributed by atoms with van der Waals surface area (Å²) in [5.41, 5.74) is 1.73. The van der Waals surface area contributed by atoms with E-state index in [9.17, 15) is 9.18 Å². The fraction of sp³-hybridized carbons (Fsp3) is 0.0952. The standard InChI is InChI=1S/C21H18FNO3/c1-25-19-11-7-17(8-12-19)23(18-9-13-20(26-2)14-10-18)21(24)15-3-5-16(22)6-4-15/h3-14H,1-2H3. The summed E-state index contributed by atoms with van der Waals surface area (Å²) in [5, 5.41) is 0. The Labute approximate surface area is 151 Å². The van der Waals surface area contributed by atoms with E-state index in [0.717, 1.165) is 0 Å². The summed E-state index contributed by atoms with van der Waals surface area (Å²) in [4.78, 5) is 14.7. The summed E-state index contributed by atoms with van der Waals surface area (Å²) in [6, 6.07) is 19.8. The van der Waals surface area contributed by atoms with Crippen molar-refractivity contribution < 1.29 is 18.7 Å². The summed E-state index contributed by atoms with van der Waals surface area (Å²) in [5.74, 6) is 0.734. The van der Waals surface area contributed by atoms with Crippen LogP contribution < -0.4 is 14.4 Å². The van der Waals surface area contributed by atoms with Gasteiger partial charge in [-0.1, -0.05) is 0 Å². The van der Waals surface area contributed by atoms with Crippen LogP contribution in [0.4, 0.5) is 15.8 Å². The number of carbonyl (C=O) groups is 1. The van der Waals surface area contributed by atoms with Crippen LogP contribution >= 0.6 is 0 Å². The molecule has 132 valence electrons. The third kappa shape index (κ3) is 3.67. The molecular formula is C21H18FNO3. The van der Waals surface area contributed by atoms with Crippen molar-refractivity contribution in [3.63, 3.8) is 0 Å². The van der Waals surface area contributed by atoms with Gasteiger partial charge in [-0.2, -0.15) is 0 Å². The number of halogens is 1. The van der Waals surface area contributed by atoms with Crippen molar-refractivity contribution in [2.45, 2.75) is 0 Å². The van der Waals surface area contributed by atoms with Crippen LogP contribution in [0.3, 0.4) is 0 Å². The van der Waals surface area contributed by atoms with E-state index in [1.165, 1.54) is 24.3 Å². The molecule has 0 aliphatic heterocycles. The van der Waals surface area contributed by atoms with Crippen LogP contribution in [0.2, 0.25) is 0 Å². The molecule has 0 fully saturated rings. The first-order chi connectivity index (χ1) is 12.6. The lowest BCUT2D eigenvalue weighted by molar-refractivity contribution is 0.0999. The Morgan fingerprint density at radius 1 is 0.731 bits per heavy atom. The molecule has 0 heterocycles. The highest BCUT2D eigenvalue weighted by Gasteiger charge is 2.20. The lowest BCUT2D eigenvalue weighted by Crippen LogP contribution is -2.25. The summed E-state index contributed by atoms with van der Waals surface area (Å²) >= 11 is 0. The largest absolute Gasteiger partial charge is 0.497 e. The molecule has 0 spiro atoms. The fourth-order valence-corrected chi connectivity index (χ4v) is 2.57. The topological polar surface area (TPSA) is 38.8 Å². The fourth-order valence-electron chi connectivity index (χ4n) is 2.57. The van der Waals surface area contributed by atoms with Gasteiger partial charge in [0.1, 0.15) is 17.3 Å². The molecule has 0 bridgehead atoms. The highest BCUT2D eigenvalue weighted by Crippen LogP contribution is 2.30. The van der Waals surface area contributed by atoms with Gasteiger partial charge in [-0.05, 0) is 72.8 Å². The van der Waals surface area contributed by atoms with Gasteiger partial charge in [0.15, 0.2) is 0 Å². The van der Waals surface area contributed by atoms with E-state index in [4.69, 9.17) is 9.47 Å². The van der Waals surface area contributed by atoms with Crippen molar-refractivity contribution in [1.82, 2.24) is 0 Å². The monoisotopic (exact) mass is 351 g/mol. The molecule has 0 unspecified atom stereocenters. The van der Waals surface area contributed by atoms with Crippen LogP contribution in [0.1, 0.15) is 10.4 Å². The molecule has 0 N–H and O–H groups in total. The number of benzene rings is 3. The minimum atomic E-state index is -0.387. The van der Waals surface area contributed by atoms with Crippen molar-refractivity contribution in [3.8, 4) is 11.5 Å². The first-order valence-corrected chi connectivity index (χ1v) is 8.00. The van der Waals surface area contributed by atoms with Gasteiger partial charge in [0.2, 0.25) is 0 Å². The molecule has 0 aromatic heterocycles. The molecule has 26 heavy (non-hydrogen) atoms. The van der Waals surface area contributed by atoms with Gasteiger partial charge in [0.05, 0.1) is 14.2 Å². The van der Waals surface area contributed by atoms with E-state index in [-0.39, 0.29) is 11.7 Å². The normalized spacial score (nSPS) is 10.3. The molecule has 3 aromatic carbocycles. The number of methoxy groups -OCH3 is 2. The van der Waals surface area contributed by atoms with Crippen molar-refractivity contribution in [1.29, 1.82) is 0 Å². The highest BCUT2D eigenvalue weighted by molar-refractivity contribution is 6.10. The Kier molecular flexibility index (Phi) is 5.17. The highest BCUT2D eigenvalue weighted by atomic mass is 19.1. The lowest BCUT2D eigenvalue weighted by atomic mass is 10.1. The van der Waals surface area contributed by atoms with Crippen molar-refractivity contribution in [3.05, 3.63) is 84.2 Å². The number of ether oxygens (including phenoxy) is 2. The minimum absolute atomic E-state index is 0.264. The molecule has 0 aliphatic rings. The van der Waals surface area contributed by atoms with Crippen molar-refractivity contribution >= 4 is 17.3 Å². The van der Waals surface area contributed by atoms with E-state index in [2.05, 4.69) is 0 Å². The zero-order valence-electron chi connectivity index (χ0n) is 14.5. The van der Waals surface area contributed by atoms with E-state index in [1.54, 1.807) is 67.7 Å². The van der Waals surface area contributed by atoms with Crippen LogP contribution in [0, 0.1) is 5.82 Å². The Balaban J connectivity index is 2.04. The van der Waals surface area contributed by atoms with Crippen LogP contribution in [0.15, 0.2) is 72.8 Å². The van der Waals surface area contributed by atoms with Crippen LogP contribution in [0.25, 0.3) is 0 Å². The third-order valence-corrected chi connectivity index (χ3v) is 3.96. The zero-order valence-corrected chi connectivity index (χ0v) is 14.5. The number of carbonyl (C=O) groups excluding carboxylic acids is 1. The Bertz CT molecular complexity index is 827. The molecule has 5 heteroatoms. The molecule has 0 radical (unpaired) electrons. The van der Waals surface area contributed by atoms with E-state index in [0.29, 0.717) is 28.4 Å². The molecule has 4 nitrogen and oxygen atoms in total. The summed E-state index contributed by atoms with van der Waals surface area (Å²) < 4.78 is 23.6. The van der Waals surface area contributed by atoms with Crippen LogP contribution in [0.5, 0.6) is 11.5 Å². The molecule has 0 atom stereocenters. The zero-order chi connectivity index (χ0) is 18.5. The molecule has 0 saturated carbocycles. The third-order valence-electron chi connectivity index (χ3n) is 3.96. The second kappa shape index (κ2) is 7.70.